The third-order valence-corrected chi connectivity index (χ3v) is 3.12. The van der Waals surface area contributed by atoms with E-state index in [0.29, 0.717) is 17.0 Å². The van der Waals surface area contributed by atoms with E-state index in [2.05, 4.69) is 18.8 Å². The molecule has 0 spiro atoms. The maximum atomic E-state index is 13.7. The molecule has 0 aliphatic rings. The van der Waals surface area contributed by atoms with Gasteiger partial charge in [-0.2, -0.15) is 0 Å². The number of halogens is 2. The quantitative estimate of drug-likeness (QED) is 0.762. The van der Waals surface area contributed by atoms with Gasteiger partial charge in [-0.15, -0.1) is 6.58 Å². The summed E-state index contributed by atoms with van der Waals surface area (Å²) in [5, 5.41) is 3.70. The molecule has 0 aromatic heterocycles. The minimum absolute atomic E-state index is 0.148. The average molecular weight is 256 g/mol. The smallest absolute Gasteiger partial charge is 0.127 e. The molecule has 0 saturated heterocycles. The number of nitrogens with one attached hydrogen (secondary N) is 1. The lowest BCUT2D eigenvalue weighted by atomic mass is 9.83. The highest BCUT2D eigenvalue weighted by molar-refractivity contribution is 6.30. The van der Waals surface area contributed by atoms with Gasteiger partial charge in [0.1, 0.15) is 5.82 Å². The summed E-state index contributed by atoms with van der Waals surface area (Å²) in [5.41, 5.74) is 0.528. The maximum Gasteiger partial charge on any atom is 0.127 e. The third kappa shape index (κ3) is 4.14. The molecule has 1 aromatic carbocycles. The van der Waals surface area contributed by atoms with Gasteiger partial charge in [0, 0.05) is 17.0 Å². The van der Waals surface area contributed by atoms with Crippen LogP contribution < -0.4 is 5.32 Å². The van der Waals surface area contributed by atoms with E-state index in [1.54, 1.807) is 12.1 Å². The summed E-state index contributed by atoms with van der Waals surface area (Å²) in [4.78, 5) is 0. The molecular formula is C14H19ClFN. The van der Waals surface area contributed by atoms with Crippen LogP contribution in [0, 0.1) is 11.2 Å². The van der Waals surface area contributed by atoms with Gasteiger partial charge in [-0.3, -0.25) is 0 Å². The maximum absolute atomic E-state index is 13.7. The van der Waals surface area contributed by atoms with Crippen molar-refractivity contribution in [3.8, 4) is 0 Å². The Balaban J connectivity index is 2.83. The van der Waals surface area contributed by atoms with Crippen LogP contribution in [0.25, 0.3) is 0 Å². The zero-order chi connectivity index (χ0) is 12.9. The number of rotatable bonds is 6. The Labute approximate surface area is 108 Å². The Morgan fingerprint density at radius 2 is 2.24 bits per heavy atom. The van der Waals surface area contributed by atoms with E-state index < -0.39 is 0 Å². The van der Waals surface area contributed by atoms with Gasteiger partial charge in [-0.1, -0.05) is 37.6 Å². The van der Waals surface area contributed by atoms with Crippen molar-refractivity contribution < 1.29 is 4.39 Å². The number of hydrogen-bond donors (Lipinski definition) is 1. The van der Waals surface area contributed by atoms with E-state index in [4.69, 9.17) is 11.6 Å². The number of hydrogen-bond acceptors (Lipinski definition) is 1. The van der Waals surface area contributed by atoms with Crippen LogP contribution in [0.4, 0.5) is 4.39 Å². The monoisotopic (exact) mass is 255 g/mol. The highest BCUT2D eigenvalue weighted by atomic mass is 35.5. The first-order chi connectivity index (χ1) is 8.00. The first kappa shape index (κ1) is 14.2. The van der Waals surface area contributed by atoms with Crippen LogP contribution >= 0.6 is 11.6 Å². The normalized spacial score (nSPS) is 14.4. The van der Waals surface area contributed by atoms with Crippen molar-refractivity contribution in [1.82, 2.24) is 5.32 Å². The molecule has 0 bridgehead atoms. The molecule has 0 amide bonds. The second-order valence-corrected chi connectivity index (χ2v) is 4.99. The topological polar surface area (TPSA) is 12.0 Å². The molecule has 1 unspecified atom stereocenters. The molecule has 94 valence electrons. The van der Waals surface area contributed by atoms with Crippen LogP contribution in [0.3, 0.4) is 0 Å². The Bertz CT molecular complexity index is 392. The molecule has 0 aliphatic carbocycles. The summed E-state index contributed by atoms with van der Waals surface area (Å²) in [7, 11) is 0. The van der Waals surface area contributed by atoms with Crippen molar-refractivity contribution in [3.63, 3.8) is 0 Å². The average Bonchev–Trinajstić information content (AvgIpc) is 2.30. The molecule has 1 atom stereocenters. The zero-order valence-electron chi connectivity index (χ0n) is 10.4. The van der Waals surface area contributed by atoms with E-state index in [9.17, 15) is 4.39 Å². The molecule has 1 nitrogen and oxygen atoms in total. The molecule has 0 heterocycles. The fourth-order valence-electron chi connectivity index (χ4n) is 1.72. The van der Waals surface area contributed by atoms with E-state index in [1.165, 1.54) is 6.07 Å². The van der Waals surface area contributed by atoms with Gasteiger partial charge in [0.15, 0.2) is 0 Å². The third-order valence-electron chi connectivity index (χ3n) is 2.88. The highest BCUT2D eigenvalue weighted by Gasteiger charge is 2.21. The van der Waals surface area contributed by atoms with Crippen LogP contribution in [0.15, 0.2) is 30.9 Å². The van der Waals surface area contributed by atoms with Crippen molar-refractivity contribution >= 4 is 11.6 Å². The second kappa shape index (κ2) is 6.18. The van der Waals surface area contributed by atoms with E-state index >= 15 is 0 Å². The summed E-state index contributed by atoms with van der Waals surface area (Å²) in [5.74, 6) is -0.248. The second-order valence-electron chi connectivity index (χ2n) is 4.55. The minimum Gasteiger partial charge on any atom is -0.316 e. The fraction of sp³-hybridized carbons (Fsp3) is 0.429. The van der Waals surface area contributed by atoms with Gasteiger partial charge in [-0.05, 0) is 30.7 Å². The first-order valence-corrected chi connectivity index (χ1v) is 6.17. The largest absolute Gasteiger partial charge is 0.316 e. The molecule has 0 aliphatic heterocycles. The van der Waals surface area contributed by atoms with Crippen molar-refractivity contribution in [2.75, 3.05) is 13.1 Å². The number of benzene rings is 1. The van der Waals surface area contributed by atoms with Crippen molar-refractivity contribution in [2.24, 2.45) is 5.41 Å². The summed E-state index contributed by atoms with van der Waals surface area (Å²) >= 11 is 5.73. The van der Waals surface area contributed by atoms with Gasteiger partial charge in [0.05, 0.1) is 0 Å². The molecule has 17 heavy (non-hydrogen) atoms. The van der Waals surface area contributed by atoms with Crippen LogP contribution in [0.1, 0.15) is 19.4 Å². The highest BCUT2D eigenvalue weighted by Crippen LogP contribution is 2.26. The molecule has 1 rings (SSSR count). The van der Waals surface area contributed by atoms with Crippen molar-refractivity contribution in [3.05, 3.63) is 47.3 Å². The molecule has 1 aromatic rings. The molecule has 0 fully saturated rings. The van der Waals surface area contributed by atoms with Gasteiger partial charge in [0.25, 0.3) is 0 Å². The summed E-state index contributed by atoms with van der Waals surface area (Å²) < 4.78 is 13.7. The molecule has 3 heteroatoms. The lowest BCUT2D eigenvalue weighted by Crippen LogP contribution is -2.32. The first-order valence-electron chi connectivity index (χ1n) is 5.79. The van der Waals surface area contributed by atoms with E-state index in [1.807, 2.05) is 13.0 Å². The fourth-order valence-corrected chi connectivity index (χ4v) is 1.88. The molecule has 0 saturated carbocycles. The molecule has 0 radical (unpaired) electrons. The predicted molar refractivity (Wildman–Crippen MR) is 72.0 cm³/mol. The van der Waals surface area contributed by atoms with Crippen LogP contribution in [0.2, 0.25) is 5.02 Å². The Morgan fingerprint density at radius 3 is 2.76 bits per heavy atom. The Morgan fingerprint density at radius 1 is 1.53 bits per heavy atom. The summed E-state index contributed by atoms with van der Waals surface area (Å²) in [6.45, 7) is 9.64. The minimum atomic E-state index is -0.248. The molecular weight excluding hydrogens is 237 g/mol. The van der Waals surface area contributed by atoms with Crippen LogP contribution in [-0.4, -0.2) is 13.1 Å². The van der Waals surface area contributed by atoms with Gasteiger partial charge in [-0.25, -0.2) is 4.39 Å². The summed E-state index contributed by atoms with van der Waals surface area (Å²) in [6.07, 6.45) is 2.50. The Kier molecular flexibility index (Phi) is 5.16. The predicted octanol–water partition coefficient (Wildman–Crippen LogP) is 3.82. The van der Waals surface area contributed by atoms with E-state index in [-0.39, 0.29) is 11.2 Å². The van der Waals surface area contributed by atoms with Crippen molar-refractivity contribution in [1.29, 1.82) is 0 Å². The standard InChI is InChI=1S/C14H19ClFN/c1-4-14(3,10-17-5-2)9-11-6-7-12(15)8-13(11)16/h4,6-8,17H,1,5,9-10H2,2-3H3. The van der Waals surface area contributed by atoms with Gasteiger partial charge in [0.2, 0.25) is 0 Å². The van der Waals surface area contributed by atoms with Crippen LogP contribution in [-0.2, 0) is 6.42 Å². The Hall–Kier alpha value is -0.860. The van der Waals surface area contributed by atoms with Gasteiger partial charge >= 0.3 is 0 Å². The van der Waals surface area contributed by atoms with E-state index in [0.717, 1.165) is 13.1 Å². The lowest BCUT2D eigenvalue weighted by Gasteiger charge is -2.26. The van der Waals surface area contributed by atoms with Gasteiger partial charge < -0.3 is 5.32 Å². The lowest BCUT2D eigenvalue weighted by molar-refractivity contribution is 0.389. The SMILES string of the molecule is C=CC(C)(CNCC)Cc1ccc(Cl)cc1F. The zero-order valence-corrected chi connectivity index (χ0v) is 11.1. The van der Waals surface area contributed by atoms with Crippen LogP contribution in [0.5, 0.6) is 0 Å². The summed E-state index contributed by atoms with van der Waals surface area (Å²) in [6, 6.07) is 4.82. The molecule has 1 N–H and O–H groups in total. The van der Waals surface area contributed by atoms with Crippen molar-refractivity contribution in [2.45, 2.75) is 20.3 Å².